The molecule has 0 spiro atoms. The van der Waals surface area contributed by atoms with Crippen LogP contribution in [-0.2, 0) is 11.2 Å². The van der Waals surface area contributed by atoms with Gasteiger partial charge in [0.1, 0.15) is 0 Å². The third-order valence-corrected chi connectivity index (χ3v) is 1.30. The number of aromatic nitrogens is 2. The zero-order chi connectivity index (χ0) is 8.97. The standard InChI is InChI=1S/C7H10N2O3/c1-5(10)7-8-6(12-9-7)3-4-11-2/h3-4H2,1-2H3. The largest absolute Gasteiger partial charge is 0.384 e. The number of Topliss-reactive ketones (excluding diaryl/α,β-unsaturated/α-hetero) is 1. The van der Waals surface area contributed by atoms with Gasteiger partial charge in [-0.15, -0.1) is 0 Å². The Morgan fingerprint density at radius 3 is 2.92 bits per heavy atom. The second kappa shape index (κ2) is 3.96. The molecule has 5 heteroatoms. The summed E-state index contributed by atoms with van der Waals surface area (Å²) in [6.07, 6.45) is 0.538. The van der Waals surface area contributed by atoms with Crippen molar-refractivity contribution in [3.63, 3.8) is 0 Å². The molecule has 1 aromatic rings. The van der Waals surface area contributed by atoms with E-state index in [1.165, 1.54) is 6.92 Å². The Kier molecular flexibility index (Phi) is 2.93. The lowest BCUT2D eigenvalue weighted by Crippen LogP contribution is -1.97. The lowest BCUT2D eigenvalue weighted by molar-refractivity contribution is 0.100. The molecule has 0 aliphatic carbocycles. The van der Waals surface area contributed by atoms with Gasteiger partial charge in [-0.3, -0.25) is 4.79 Å². The van der Waals surface area contributed by atoms with Crippen LogP contribution in [-0.4, -0.2) is 29.6 Å². The van der Waals surface area contributed by atoms with Crippen molar-refractivity contribution in [2.24, 2.45) is 0 Å². The summed E-state index contributed by atoms with van der Waals surface area (Å²) >= 11 is 0. The van der Waals surface area contributed by atoms with E-state index in [0.717, 1.165) is 0 Å². The SMILES string of the molecule is COCCc1nc(C(C)=O)no1. The number of carbonyl (C=O) groups is 1. The van der Waals surface area contributed by atoms with Gasteiger partial charge in [0.15, 0.2) is 0 Å². The molecule has 0 atom stereocenters. The first-order chi connectivity index (χ1) is 5.74. The van der Waals surface area contributed by atoms with Crippen molar-refractivity contribution >= 4 is 5.78 Å². The molecular formula is C7H10N2O3. The van der Waals surface area contributed by atoms with Crippen LogP contribution >= 0.6 is 0 Å². The first-order valence-electron chi connectivity index (χ1n) is 3.56. The lowest BCUT2D eigenvalue weighted by Gasteiger charge is -1.89. The third kappa shape index (κ3) is 2.13. The van der Waals surface area contributed by atoms with Gasteiger partial charge in [0, 0.05) is 14.0 Å². The molecule has 0 aliphatic heterocycles. The number of carbonyl (C=O) groups excluding carboxylic acids is 1. The fourth-order valence-corrected chi connectivity index (χ4v) is 0.689. The predicted molar refractivity (Wildman–Crippen MR) is 39.9 cm³/mol. The molecule has 0 saturated carbocycles. The Labute approximate surface area is 69.7 Å². The predicted octanol–water partition coefficient (Wildman–Crippen LogP) is 0.461. The molecule has 1 heterocycles. The maximum Gasteiger partial charge on any atom is 0.238 e. The molecule has 0 aromatic carbocycles. The highest BCUT2D eigenvalue weighted by molar-refractivity contribution is 5.89. The summed E-state index contributed by atoms with van der Waals surface area (Å²) in [5, 5.41) is 3.48. The molecule has 12 heavy (non-hydrogen) atoms. The molecule has 0 amide bonds. The summed E-state index contributed by atoms with van der Waals surface area (Å²) in [6, 6.07) is 0. The van der Waals surface area contributed by atoms with Crippen molar-refractivity contribution in [2.75, 3.05) is 13.7 Å². The molecule has 0 radical (unpaired) electrons. The van der Waals surface area contributed by atoms with Crippen molar-refractivity contribution in [3.05, 3.63) is 11.7 Å². The van der Waals surface area contributed by atoms with E-state index in [4.69, 9.17) is 9.26 Å². The Balaban J connectivity index is 2.58. The molecule has 1 aromatic heterocycles. The fraction of sp³-hybridized carbons (Fsp3) is 0.571. The molecule has 0 unspecified atom stereocenters. The van der Waals surface area contributed by atoms with Crippen LogP contribution in [0, 0.1) is 0 Å². The number of rotatable bonds is 4. The maximum absolute atomic E-state index is 10.7. The highest BCUT2D eigenvalue weighted by atomic mass is 16.5. The highest BCUT2D eigenvalue weighted by Gasteiger charge is 2.08. The second-order valence-electron chi connectivity index (χ2n) is 2.31. The summed E-state index contributed by atoms with van der Waals surface area (Å²) in [5.41, 5.74) is 0. The number of ketones is 1. The Bertz CT molecular complexity index is 269. The number of nitrogens with zero attached hydrogens (tertiary/aromatic N) is 2. The van der Waals surface area contributed by atoms with Crippen LogP contribution in [0.15, 0.2) is 4.52 Å². The quantitative estimate of drug-likeness (QED) is 0.614. The van der Waals surface area contributed by atoms with E-state index in [1.807, 2.05) is 0 Å². The third-order valence-electron chi connectivity index (χ3n) is 1.30. The van der Waals surface area contributed by atoms with Crippen LogP contribution < -0.4 is 0 Å². The molecule has 0 bridgehead atoms. The minimum Gasteiger partial charge on any atom is -0.384 e. The summed E-state index contributed by atoms with van der Waals surface area (Å²) in [5.74, 6) is 0.366. The van der Waals surface area contributed by atoms with E-state index >= 15 is 0 Å². The molecule has 0 aliphatic rings. The van der Waals surface area contributed by atoms with Gasteiger partial charge in [-0.25, -0.2) is 0 Å². The average molecular weight is 170 g/mol. The molecular weight excluding hydrogens is 160 g/mol. The molecule has 1 rings (SSSR count). The van der Waals surface area contributed by atoms with Gasteiger partial charge in [-0.1, -0.05) is 5.16 Å². The molecule has 0 fully saturated rings. The van der Waals surface area contributed by atoms with E-state index in [2.05, 4.69) is 10.1 Å². The normalized spacial score (nSPS) is 10.2. The Hall–Kier alpha value is -1.23. The van der Waals surface area contributed by atoms with Gasteiger partial charge in [-0.05, 0) is 0 Å². The lowest BCUT2D eigenvalue weighted by atomic mass is 10.4. The molecule has 66 valence electrons. The van der Waals surface area contributed by atoms with E-state index in [1.54, 1.807) is 7.11 Å². The van der Waals surface area contributed by atoms with E-state index < -0.39 is 0 Å². The molecule has 5 nitrogen and oxygen atoms in total. The van der Waals surface area contributed by atoms with Crippen molar-refractivity contribution < 1.29 is 14.1 Å². The van der Waals surface area contributed by atoms with Crippen LogP contribution in [0.3, 0.4) is 0 Å². The Morgan fingerprint density at radius 1 is 1.67 bits per heavy atom. The number of methoxy groups -OCH3 is 1. The number of ether oxygens (including phenoxy) is 1. The summed E-state index contributed by atoms with van der Waals surface area (Å²) in [6.45, 7) is 1.91. The smallest absolute Gasteiger partial charge is 0.238 e. The van der Waals surface area contributed by atoms with Crippen LogP contribution in [0.5, 0.6) is 0 Å². The van der Waals surface area contributed by atoms with Gasteiger partial charge >= 0.3 is 0 Å². The van der Waals surface area contributed by atoms with Gasteiger partial charge in [0.25, 0.3) is 0 Å². The van der Waals surface area contributed by atoms with Crippen molar-refractivity contribution in [2.45, 2.75) is 13.3 Å². The fourth-order valence-electron chi connectivity index (χ4n) is 0.689. The van der Waals surface area contributed by atoms with Gasteiger partial charge in [0.2, 0.25) is 17.5 Å². The van der Waals surface area contributed by atoms with Crippen molar-refractivity contribution in [1.82, 2.24) is 10.1 Å². The van der Waals surface area contributed by atoms with Crippen molar-refractivity contribution in [1.29, 1.82) is 0 Å². The average Bonchev–Trinajstić information content (AvgIpc) is 2.48. The minimum absolute atomic E-state index is 0.126. The first kappa shape index (κ1) is 8.86. The zero-order valence-corrected chi connectivity index (χ0v) is 7.03. The van der Waals surface area contributed by atoms with Gasteiger partial charge < -0.3 is 9.26 Å². The monoisotopic (exact) mass is 170 g/mol. The Morgan fingerprint density at radius 2 is 2.42 bits per heavy atom. The van der Waals surface area contributed by atoms with Gasteiger partial charge in [-0.2, -0.15) is 4.98 Å². The number of hydrogen-bond acceptors (Lipinski definition) is 5. The van der Waals surface area contributed by atoms with Crippen LogP contribution in [0.2, 0.25) is 0 Å². The second-order valence-corrected chi connectivity index (χ2v) is 2.31. The van der Waals surface area contributed by atoms with Crippen molar-refractivity contribution in [3.8, 4) is 0 Å². The topological polar surface area (TPSA) is 65.2 Å². The summed E-state index contributed by atoms with van der Waals surface area (Å²) in [4.78, 5) is 14.6. The summed E-state index contributed by atoms with van der Waals surface area (Å²) in [7, 11) is 1.59. The first-order valence-corrected chi connectivity index (χ1v) is 3.56. The van der Waals surface area contributed by atoms with E-state index in [0.29, 0.717) is 18.9 Å². The molecule has 0 N–H and O–H groups in total. The van der Waals surface area contributed by atoms with E-state index in [9.17, 15) is 4.79 Å². The number of hydrogen-bond donors (Lipinski definition) is 0. The summed E-state index contributed by atoms with van der Waals surface area (Å²) < 4.78 is 9.57. The van der Waals surface area contributed by atoms with Gasteiger partial charge in [0.05, 0.1) is 13.0 Å². The van der Waals surface area contributed by atoms with Crippen LogP contribution in [0.4, 0.5) is 0 Å². The van der Waals surface area contributed by atoms with E-state index in [-0.39, 0.29) is 11.6 Å². The molecule has 0 saturated heterocycles. The highest BCUT2D eigenvalue weighted by Crippen LogP contribution is 1.98. The maximum atomic E-state index is 10.7. The van der Waals surface area contributed by atoms with Crippen LogP contribution in [0.25, 0.3) is 0 Å². The zero-order valence-electron chi connectivity index (χ0n) is 7.03. The van der Waals surface area contributed by atoms with Crippen LogP contribution in [0.1, 0.15) is 23.4 Å². The minimum atomic E-state index is -0.192.